The lowest BCUT2D eigenvalue weighted by atomic mass is 10.0. The predicted molar refractivity (Wildman–Crippen MR) is 126 cm³/mol. The highest BCUT2D eigenvalue weighted by Crippen LogP contribution is 2.28. The molecule has 0 saturated heterocycles. The first-order chi connectivity index (χ1) is 16.0. The number of carbonyl (C=O) groups excluding carboxylic acids is 1. The number of fused-ring (bicyclic) bond motifs is 1. The van der Waals surface area contributed by atoms with Crippen molar-refractivity contribution in [3.05, 3.63) is 89.4 Å². The van der Waals surface area contributed by atoms with Crippen LogP contribution in [0.3, 0.4) is 0 Å². The second-order valence-electron chi connectivity index (χ2n) is 7.70. The van der Waals surface area contributed by atoms with E-state index in [1.807, 2.05) is 42.5 Å². The molecule has 0 bridgehead atoms. The van der Waals surface area contributed by atoms with E-state index in [4.69, 9.17) is 0 Å². The maximum absolute atomic E-state index is 12.4. The van der Waals surface area contributed by atoms with Crippen LogP contribution in [-0.2, 0) is 13.5 Å². The Morgan fingerprint density at radius 2 is 2.09 bits per heavy atom. The number of hydrogen-bond donors (Lipinski definition) is 4. The maximum Gasteiger partial charge on any atom is 0.258 e. The highest BCUT2D eigenvalue weighted by Gasteiger charge is 2.11. The summed E-state index contributed by atoms with van der Waals surface area (Å²) in [6.07, 6.45) is 7.10. The van der Waals surface area contributed by atoms with Crippen LogP contribution >= 0.6 is 0 Å². The lowest BCUT2D eigenvalue weighted by Crippen LogP contribution is -2.11. The van der Waals surface area contributed by atoms with E-state index in [9.17, 15) is 9.90 Å². The topological polar surface area (TPSA) is 124 Å². The normalized spacial score (nSPS) is 11.4. The standard InChI is InChI=1S/C24H21N7O2/c1-31-14-17(12-27-31)23(32)28-18-4-2-3-15(10-18)9-16-5-6-21-19(11-16)20(24(33)29-21)13-25-22-7-8-26-30-22/h2-8,10-14,29,33H,9H2,1H3,(H,26,30)(H,28,32)/b25-13+. The van der Waals surface area contributed by atoms with Gasteiger partial charge in [0.05, 0.1) is 23.5 Å². The molecule has 0 atom stereocenters. The van der Waals surface area contributed by atoms with Crippen LogP contribution in [0.2, 0.25) is 0 Å². The summed E-state index contributed by atoms with van der Waals surface area (Å²) in [6, 6.07) is 15.5. The predicted octanol–water partition coefficient (Wildman–Crippen LogP) is 3.92. The fourth-order valence-corrected chi connectivity index (χ4v) is 3.68. The number of amides is 1. The molecular formula is C24H21N7O2. The van der Waals surface area contributed by atoms with Crippen molar-refractivity contribution >= 4 is 34.5 Å². The second-order valence-corrected chi connectivity index (χ2v) is 7.70. The van der Waals surface area contributed by atoms with Gasteiger partial charge in [-0.3, -0.25) is 14.6 Å². The van der Waals surface area contributed by atoms with Gasteiger partial charge in [0.2, 0.25) is 0 Å². The van der Waals surface area contributed by atoms with Gasteiger partial charge in [-0.1, -0.05) is 18.2 Å². The Morgan fingerprint density at radius 3 is 2.88 bits per heavy atom. The fourth-order valence-electron chi connectivity index (χ4n) is 3.68. The highest BCUT2D eigenvalue weighted by molar-refractivity contribution is 6.04. The summed E-state index contributed by atoms with van der Waals surface area (Å²) < 4.78 is 1.59. The van der Waals surface area contributed by atoms with E-state index < -0.39 is 0 Å². The number of aromatic nitrogens is 5. The summed E-state index contributed by atoms with van der Waals surface area (Å²) in [6.45, 7) is 0. The molecule has 164 valence electrons. The number of nitrogens with zero attached hydrogens (tertiary/aromatic N) is 4. The number of H-pyrrole nitrogens is 2. The number of nitrogens with one attached hydrogen (secondary N) is 3. The summed E-state index contributed by atoms with van der Waals surface area (Å²) in [5.74, 6) is 0.459. The van der Waals surface area contributed by atoms with Gasteiger partial charge in [0.15, 0.2) is 5.88 Å². The molecule has 0 aliphatic carbocycles. The third kappa shape index (κ3) is 4.38. The van der Waals surface area contributed by atoms with Gasteiger partial charge < -0.3 is 15.4 Å². The van der Waals surface area contributed by atoms with Crippen molar-refractivity contribution in [3.63, 3.8) is 0 Å². The second kappa shape index (κ2) is 8.46. The van der Waals surface area contributed by atoms with E-state index in [0.29, 0.717) is 29.1 Å². The lowest BCUT2D eigenvalue weighted by Gasteiger charge is -2.07. The number of aryl methyl sites for hydroxylation is 1. The van der Waals surface area contributed by atoms with Crippen molar-refractivity contribution in [2.24, 2.45) is 12.0 Å². The van der Waals surface area contributed by atoms with Gasteiger partial charge in [-0.15, -0.1) is 0 Å². The van der Waals surface area contributed by atoms with E-state index in [-0.39, 0.29) is 11.8 Å². The smallest absolute Gasteiger partial charge is 0.258 e. The zero-order chi connectivity index (χ0) is 22.8. The highest BCUT2D eigenvalue weighted by atomic mass is 16.3. The van der Waals surface area contributed by atoms with Crippen molar-refractivity contribution in [2.45, 2.75) is 6.42 Å². The first kappa shape index (κ1) is 20.3. The van der Waals surface area contributed by atoms with Crippen LogP contribution in [0.15, 0.2) is 72.1 Å². The van der Waals surface area contributed by atoms with E-state index in [2.05, 4.69) is 30.6 Å². The van der Waals surface area contributed by atoms with Crippen molar-refractivity contribution in [1.82, 2.24) is 25.0 Å². The number of rotatable bonds is 6. The average molecular weight is 439 g/mol. The van der Waals surface area contributed by atoms with Crippen molar-refractivity contribution in [2.75, 3.05) is 5.32 Å². The third-order valence-corrected chi connectivity index (χ3v) is 5.26. The zero-order valence-electron chi connectivity index (χ0n) is 17.8. The third-order valence-electron chi connectivity index (χ3n) is 5.26. The Morgan fingerprint density at radius 1 is 1.21 bits per heavy atom. The fraction of sp³-hybridized carbons (Fsp3) is 0.0833. The van der Waals surface area contributed by atoms with E-state index in [0.717, 1.165) is 22.0 Å². The van der Waals surface area contributed by atoms with E-state index in [1.165, 1.54) is 6.20 Å². The van der Waals surface area contributed by atoms with Crippen LogP contribution in [0.4, 0.5) is 11.5 Å². The average Bonchev–Trinajstić information content (AvgIpc) is 3.53. The molecule has 0 saturated carbocycles. The zero-order valence-corrected chi connectivity index (χ0v) is 17.8. The number of aromatic hydroxyl groups is 1. The molecule has 0 spiro atoms. The summed E-state index contributed by atoms with van der Waals surface area (Å²) in [5, 5.41) is 24.8. The quantitative estimate of drug-likeness (QED) is 0.299. The number of anilines is 1. The first-order valence-corrected chi connectivity index (χ1v) is 10.3. The first-order valence-electron chi connectivity index (χ1n) is 10.3. The Balaban J connectivity index is 1.37. The summed E-state index contributed by atoms with van der Waals surface area (Å²) in [5.41, 5.74) is 4.76. The summed E-state index contributed by atoms with van der Waals surface area (Å²) in [7, 11) is 1.77. The van der Waals surface area contributed by atoms with Crippen molar-refractivity contribution in [1.29, 1.82) is 0 Å². The Bertz CT molecular complexity index is 1460. The maximum atomic E-state index is 12.4. The minimum absolute atomic E-state index is 0.0607. The van der Waals surface area contributed by atoms with Crippen LogP contribution < -0.4 is 5.32 Å². The van der Waals surface area contributed by atoms with E-state index >= 15 is 0 Å². The number of aromatic amines is 2. The van der Waals surface area contributed by atoms with Crippen LogP contribution in [0.25, 0.3) is 10.9 Å². The largest absolute Gasteiger partial charge is 0.494 e. The van der Waals surface area contributed by atoms with Crippen LogP contribution in [-0.4, -0.2) is 42.2 Å². The summed E-state index contributed by atoms with van der Waals surface area (Å²) in [4.78, 5) is 19.7. The van der Waals surface area contributed by atoms with Gasteiger partial charge in [-0.05, 0) is 41.8 Å². The molecule has 0 aliphatic heterocycles. The van der Waals surface area contributed by atoms with Gasteiger partial charge >= 0.3 is 0 Å². The SMILES string of the molecule is Cn1cc(C(=O)Nc2cccc(Cc3ccc4[nH]c(O)c(/C=N/c5ccn[nH]5)c4c3)c2)cn1. The molecule has 1 amide bonds. The van der Waals surface area contributed by atoms with Gasteiger partial charge in [0.1, 0.15) is 5.82 Å². The Kier molecular flexibility index (Phi) is 5.19. The number of benzene rings is 2. The monoisotopic (exact) mass is 439 g/mol. The molecule has 3 aromatic heterocycles. The number of carbonyl (C=O) groups is 1. The molecule has 2 aromatic carbocycles. The molecule has 9 nitrogen and oxygen atoms in total. The lowest BCUT2D eigenvalue weighted by molar-refractivity contribution is 0.102. The van der Waals surface area contributed by atoms with Crippen molar-refractivity contribution < 1.29 is 9.90 Å². The molecular weight excluding hydrogens is 418 g/mol. The molecule has 0 radical (unpaired) electrons. The minimum Gasteiger partial charge on any atom is -0.494 e. The molecule has 5 aromatic rings. The number of hydrogen-bond acceptors (Lipinski definition) is 5. The molecule has 0 aliphatic rings. The van der Waals surface area contributed by atoms with Crippen LogP contribution in [0.5, 0.6) is 5.88 Å². The van der Waals surface area contributed by atoms with Crippen molar-refractivity contribution in [3.8, 4) is 5.88 Å². The van der Waals surface area contributed by atoms with E-state index in [1.54, 1.807) is 36.4 Å². The van der Waals surface area contributed by atoms with Gasteiger partial charge in [-0.2, -0.15) is 10.2 Å². The van der Waals surface area contributed by atoms with Gasteiger partial charge in [-0.25, -0.2) is 4.99 Å². The minimum atomic E-state index is -0.203. The molecule has 4 N–H and O–H groups in total. The molecule has 0 fully saturated rings. The Labute approximate surface area is 188 Å². The number of aliphatic imine (C=N–C) groups is 1. The Hall–Kier alpha value is -4.66. The van der Waals surface area contributed by atoms with Crippen LogP contribution in [0, 0.1) is 0 Å². The molecule has 9 heteroatoms. The van der Waals surface area contributed by atoms with Gasteiger partial charge in [0.25, 0.3) is 5.91 Å². The molecule has 33 heavy (non-hydrogen) atoms. The summed E-state index contributed by atoms with van der Waals surface area (Å²) >= 11 is 0. The molecule has 3 heterocycles. The van der Waals surface area contributed by atoms with Gasteiger partial charge in [0, 0.05) is 42.1 Å². The van der Waals surface area contributed by atoms with Crippen LogP contribution in [0.1, 0.15) is 27.0 Å². The molecule has 5 rings (SSSR count). The molecule has 0 unspecified atom stereocenters.